The number of nitrogens with zero attached hydrogens (tertiary/aromatic N) is 4. The third-order valence-corrected chi connectivity index (χ3v) is 6.20. The molecule has 0 radical (unpaired) electrons. The van der Waals surface area contributed by atoms with Crippen molar-refractivity contribution < 1.29 is 9.53 Å². The van der Waals surface area contributed by atoms with Crippen LogP contribution in [0.2, 0.25) is 0 Å². The van der Waals surface area contributed by atoms with E-state index in [1.807, 2.05) is 29.6 Å². The molecular formula is C22H16N4O2S2. The quantitative estimate of drug-likeness (QED) is 0.389. The smallest absolute Gasteiger partial charge is 0.230 e. The zero-order valence-corrected chi connectivity index (χ0v) is 17.8. The molecule has 30 heavy (non-hydrogen) atoms. The van der Waals surface area contributed by atoms with Gasteiger partial charge in [-0.05, 0) is 42.5 Å². The van der Waals surface area contributed by atoms with Crippen molar-refractivity contribution in [2.75, 3.05) is 12.0 Å². The topological polar surface area (TPSA) is 79.1 Å². The van der Waals surface area contributed by atoms with Crippen LogP contribution in [0.1, 0.15) is 17.6 Å². The Kier molecular flexibility index (Phi) is 5.57. The van der Waals surface area contributed by atoms with Gasteiger partial charge in [-0.25, -0.2) is 9.97 Å². The molecule has 4 rings (SSSR count). The number of para-hydroxylation sites is 1. The number of carbonyl (C=O) groups excluding carboxylic acids is 1. The minimum Gasteiger partial charge on any atom is -0.497 e. The summed E-state index contributed by atoms with van der Waals surface area (Å²) >= 11 is 2.80. The summed E-state index contributed by atoms with van der Waals surface area (Å²) in [6.45, 7) is 1.49. The lowest BCUT2D eigenvalue weighted by atomic mass is 10.2. The number of aromatic nitrogens is 2. The molecule has 0 saturated heterocycles. The molecule has 0 aliphatic carbocycles. The summed E-state index contributed by atoms with van der Waals surface area (Å²) < 4.78 is 6.20. The molecule has 4 aromatic rings. The lowest BCUT2D eigenvalue weighted by Crippen LogP contribution is -2.22. The lowest BCUT2D eigenvalue weighted by Gasteiger charge is -2.18. The van der Waals surface area contributed by atoms with Crippen LogP contribution in [0.4, 0.5) is 10.8 Å². The zero-order valence-electron chi connectivity index (χ0n) is 16.2. The van der Waals surface area contributed by atoms with E-state index >= 15 is 0 Å². The second-order valence-corrected chi connectivity index (χ2v) is 8.13. The number of carbonyl (C=O) groups is 1. The van der Waals surface area contributed by atoms with Gasteiger partial charge in [-0.1, -0.05) is 12.1 Å². The third kappa shape index (κ3) is 3.94. The molecule has 1 amide bonds. The first kappa shape index (κ1) is 19.8. The molecule has 2 heterocycles. The van der Waals surface area contributed by atoms with Crippen molar-refractivity contribution in [2.45, 2.75) is 6.92 Å². The lowest BCUT2D eigenvalue weighted by molar-refractivity contribution is -0.115. The maximum absolute atomic E-state index is 12.3. The Bertz CT molecular complexity index is 1250. The molecule has 8 heteroatoms. The van der Waals surface area contributed by atoms with E-state index in [1.54, 1.807) is 37.5 Å². The van der Waals surface area contributed by atoms with Crippen LogP contribution in [0.15, 0.2) is 53.9 Å². The Balaban J connectivity index is 1.67. The Hall–Kier alpha value is -3.54. The number of amides is 1. The number of ether oxygens (including phenoxy) is 1. The highest BCUT2D eigenvalue weighted by atomic mass is 32.1. The molecular weight excluding hydrogens is 416 g/mol. The average molecular weight is 433 g/mol. The van der Waals surface area contributed by atoms with E-state index < -0.39 is 0 Å². The van der Waals surface area contributed by atoms with E-state index in [0.29, 0.717) is 32.8 Å². The normalized spacial score (nSPS) is 11.3. The van der Waals surface area contributed by atoms with Gasteiger partial charge in [-0.3, -0.25) is 9.69 Å². The molecule has 0 unspecified atom stereocenters. The predicted octanol–water partition coefficient (Wildman–Crippen LogP) is 5.51. The second-order valence-electron chi connectivity index (χ2n) is 6.26. The molecule has 0 saturated carbocycles. The van der Waals surface area contributed by atoms with Gasteiger partial charge in [0, 0.05) is 12.3 Å². The number of hydrogen-bond donors (Lipinski definition) is 0. The van der Waals surface area contributed by atoms with Crippen molar-refractivity contribution in [3.8, 4) is 11.8 Å². The van der Waals surface area contributed by atoms with E-state index in [-0.39, 0.29) is 5.91 Å². The molecule has 0 aliphatic rings. The van der Waals surface area contributed by atoms with E-state index in [2.05, 4.69) is 16.0 Å². The number of hydrogen-bond acceptors (Lipinski definition) is 7. The van der Waals surface area contributed by atoms with Crippen LogP contribution in [0.25, 0.3) is 21.9 Å². The molecule has 0 N–H and O–H groups in total. The number of allylic oxidation sites excluding steroid dienone is 1. The van der Waals surface area contributed by atoms with Crippen LogP contribution in [-0.2, 0) is 4.79 Å². The van der Waals surface area contributed by atoms with Crippen LogP contribution >= 0.6 is 22.7 Å². The van der Waals surface area contributed by atoms with Crippen LogP contribution < -0.4 is 9.64 Å². The molecule has 6 nitrogen and oxygen atoms in total. The number of nitriles is 1. The van der Waals surface area contributed by atoms with Gasteiger partial charge in [-0.2, -0.15) is 5.26 Å². The van der Waals surface area contributed by atoms with E-state index in [1.165, 1.54) is 34.5 Å². The Morgan fingerprint density at radius 2 is 1.93 bits per heavy atom. The summed E-state index contributed by atoms with van der Waals surface area (Å²) in [5, 5.41) is 12.6. The van der Waals surface area contributed by atoms with Crippen LogP contribution in [0, 0.1) is 11.3 Å². The summed E-state index contributed by atoms with van der Waals surface area (Å²) in [5.41, 5.74) is 2.59. The van der Waals surface area contributed by atoms with Crippen molar-refractivity contribution in [3.63, 3.8) is 0 Å². The molecule has 0 aliphatic heterocycles. The summed E-state index contributed by atoms with van der Waals surface area (Å²) in [7, 11) is 1.59. The van der Waals surface area contributed by atoms with Gasteiger partial charge < -0.3 is 4.74 Å². The number of methoxy groups -OCH3 is 1. The summed E-state index contributed by atoms with van der Waals surface area (Å²) in [6, 6.07) is 17.2. The highest BCUT2D eigenvalue weighted by Gasteiger charge is 2.18. The number of benzene rings is 2. The van der Waals surface area contributed by atoms with Gasteiger partial charge in [0.2, 0.25) is 5.91 Å². The third-order valence-electron chi connectivity index (χ3n) is 4.28. The van der Waals surface area contributed by atoms with E-state index in [0.717, 1.165) is 10.2 Å². The fourth-order valence-corrected chi connectivity index (χ4v) is 4.66. The molecule has 0 bridgehead atoms. The van der Waals surface area contributed by atoms with Crippen LogP contribution in [-0.4, -0.2) is 23.0 Å². The number of thiazole rings is 2. The highest BCUT2D eigenvalue weighted by molar-refractivity contribution is 7.19. The molecule has 0 spiro atoms. The number of anilines is 2. The van der Waals surface area contributed by atoms with Gasteiger partial charge in [-0.15, -0.1) is 22.7 Å². The summed E-state index contributed by atoms with van der Waals surface area (Å²) in [5.74, 6) is 0.552. The Morgan fingerprint density at radius 1 is 1.17 bits per heavy atom. The van der Waals surface area contributed by atoms with Crippen molar-refractivity contribution in [3.05, 3.63) is 64.6 Å². The average Bonchev–Trinajstić information content (AvgIpc) is 3.39. The van der Waals surface area contributed by atoms with E-state index in [9.17, 15) is 10.1 Å². The predicted molar refractivity (Wildman–Crippen MR) is 121 cm³/mol. The molecule has 2 aromatic heterocycles. The number of fused-ring (bicyclic) bond motifs is 1. The highest BCUT2D eigenvalue weighted by Crippen LogP contribution is 2.32. The van der Waals surface area contributed by atoms with Gasteiger partial charge in [0.1, 0.15) is 16.8 Å². The first-order valence-electron chi connectivity index (χ1n) is 8.97. The van der Waals surface area contributed by atoms with E-state index in [4.69, 9.17) is 4.74 Å². The van der Waals surface area contributed by atoms with Crippen LogP contribution in [0.5, 0.6) is 5.75 Å². The monoisotopic (exact) mass is 432 g/mol. The molecule has 2 aromatic carbocycles. The molecule has 0 fully saturated rings. The standard InChI is InChI=1S/C22H16N4O2S2/c1-14(27)26(17-7-9-18(28-2)10-8-17)22-24-16(13-29-22)11-15(12-23)21-25-19-5-3-4-6-20(19)30-21/h3-11,13H,1-2H3/b15-11+. The fraction of sp³-hybridized carbons (Fsp3) is 0.0909. The van der Waals surface area contributed by atoms with Gasteiger partial charge >= 0.3 is 0 Å². The van der Waals surface area contributed by atoms with Crippen molar-refractivity contribution >= 4 is 61.3 Å². The van der Waals surface area contributed by atoms with Gasteiger partial charge in [0.05, 0.1) is 34.3 Å². The van der Waals surface area contributed by atoms with Crippen molar-refractivity contribution in [1.29, 1.82) is 5.26 Å². The van der Waals surface area contributed by atoms with Gasteiger partial charge in [0.15, 0.2) is 5.13 Å². The maximum Gasteiger partial charge on any atom is 0.230 e. The largest absolute Gasteiger partial charge is 0.497 e. The minimum atomic E-state index is -0.156. The van der Waals surface area contributed by atoms with Crippen molar-refractivity contribution in [1.82, 2.24) is 9.97 Å². The second kappa shape index (κ2) is 8.45. The first-order valence-corrected chi connectivity index (χ1v) is 10.7. The SMILES string of the molecule is COc1ccc(N(C(C)=O)c2nc(/C=C(\C#N)c3nc4ccccc4s3)cs2)cc1. The number of rotatable bonds is 5. The van der Waals surface area contributed by atoms with Gasteiger partial charge in [0.25, 0.3) is 0 Å². The maximum atomic E-state index is 12.3. The van der Waals surface area contributed by atoms with Crippen molar-refractivity contribution in [2.24, 2.45) is 0 Å². The van der Waals surface area contributed by atoms with Crippen LogP contribution in [0.3, 0.4) is 0 Å². The first-order chi connectivity index (χ1) is 14.6. The fourth-order valence-electron chi connectivity index (χ4n) is 2.88. The molecule has 148 valence electrons. The molecule has 0 atom stereocenters. The summed E-state index contributed by atoms with van der Waals surface area (Å²) in [6.07, 6.45) is 1.70. The Labute approximate surface area is 181 Å². The zero-order chi connectivity index (χ0) is 21.1. The minimum absolute atomic E-state index is 0.156. The summed E-state index contributed by atoms with van der Waals surface area (Å²) in [4.78, 5) is 22.9. The Morgan fingerprint density at radius 3 is 2.60 bits per heavy atom.